The Morgan fingerprint density at radius 1 is 1.21 bits per heavy atom. The summed E-state index contributed by atoms with van der Waals surface area (Å²) in [4.78, 5) is 25.9. The van der Waals surface area contributed by atoms with E-state index < -0.39 is 0 Å². The summed E-state index contributed by atoms with van der Waals surface area (Å²) in [6.45, 7) is 0.568. The lowest BCUT2D eigenvalue weighted by atomic mass is 10.1. The number of thiophene rings is 1. The zero-order chi connectivity index (χ0) is 19.3. The fourth-order valence-corrected chi connectivity index (χ4v) is 3.91. The zero-order valence-corrected chi connectivity index (χ0v) is 16.5. The van der Waals surface area contributed by atoms with Crippen molar-refractivity contribution in [2.75, 3.05) is 11.1 Å². The monoisotopic (exact) mass is 414 g/mol. The summed E-state index contributed by atoms with van der Waals surface area (Å²) in [5.74, 6) is -0.239. The average molecular weight is 415 g/mol. The van der Waals surface area contributed by atoms with Crippen molar-refractivity contribution < 1.29 is 9.59 Å². The Morgan fingerprint density at radius 3 is 2.86 bits per heavy atom. The Balaban J connectivity index is 1.35. The highest BCUT2D eigenvalue weighted by Crippen LogP contribution is 2.22. The molecule has 8 nitrogen and oxygen atoms in total. The topological polar surface area (TPSA) is 102 Å². The summed E-state index contributed by atoms with van der Waals surface area (Å²) < 4.78 is 1.67. The second-order valence-corrected chi connectivity index (χ2v) is 8.30. The van der Waals surface area contributed by atoms with E-state index in [0.717, 1.165) is 17.7 Å². The van der Waals surface area contributed by atoms with Gasteiger partial charge in [-0.3, -0.25) is 9.59 Å². The van der Waals surface area contributed by atoms with Gasteiger partial charge in [-0.15, -0.1) is 16.4 Å². The molecule has 1 aliphatic rings. The molecule has 1 aromatic carbocycles. The van der Waals surface area contributed by atoms with Crippen LogP contribution in [0.1, 0.15) is 28.1 Å². The van der Waals surface area contributed by atoms with Gasteiger partial charge < -0.3 is 10.6 Å². The van der Waals surface area contributed by atoms with E-state index in [1.165, 1.54) is 11.8 Å². The van der Waals surface area contributed by atoms with Gasteiger partial charge in [0.1, 0.15) is 0 Å². The van der Waals surface area contributed by atoms with Crippen molar-refractivity contribution in [3.8, 4) is 0 Å². The van der Waals surface area contributed by atoms with Crippen molar-refractivity contribution in [3.05, 3.63) is 52.2 Å². The number of aromatic nitrogens is 4. The van der Waals surface area contributed by atoms with Crippen LogP contribution < -0.4 is 10.6 Å². The van der Waals surface area contributed by atoms with Gasteiger partial charge in [-0.25, -0.2) is 4.68 Å². The maximum absolute atomic E-state index is 12.4. The standard InChI is InChI=1S/C18H18N6O2S2/c25-16(11-28-18-21-22-23-24(18)10-13-4-3-9-27-13)20-15-6-2-1-5-14(15)17(26)19-12-7-8-12/h1-6,9,12H,7-8,10-11H2,(H,19,26)(H,20,25). The number of thioether (sulfide) groups is 1. The molecule has 1 aliphatic carbocycles. The molecule has 4 rings (SSSR count). The molecule has 2 aromatic heterocycles. The Bertz CT molecular complexity index is 968. The number of hydrogen-bond acceptors (Lipinski definition) is 7. The number of carbonyl (C=O) groups is 2. The van der Waals surface area contributed by atoms with Gasteiger partial charge in [0.2, 0.25) is 11.1 Å². The lowest BCUT2D eigenvalue weighted by molar-refractivity contribution is -0.113. The van der Waals surface area contributed by atoms with Gasteiger partial charge in [0, 0.05) is 10.9 Å². The smallest absolute Gasteiger partial charge is 0.253 e. The van der Waals surface area contributed by atoms with Crippen LogP contribution in [0.25, 0.3) is 0 Å². The van der Waals surface area contributed by atoms with Crippen LogP contribution in [0.4, 0.5) is 5.69 Å². The number of anilines is 1. The third-order valence-electron chi connectivity index (χ3n) is 4.08. The summed E-state index contributed by atoms with van der Waals surface area (Å²) in [7, 11) is 0. The first-order valence-corrected chi connectivity index (χ1v) is 10.7. The normalized spacial score (nSPS) is 13.3. The summed E-state index contributed by atoms with van der Waals surface area (Å²) in [5, 5.41) is 20.0. The third kappa shape index (κ3) is 4.76. The molecule has 0 bridgehead atoms. The number of nitrogens with zero attached hydrogens (tertiary/aromatic N) is 4. The van der Waals surface area contributed by atoms with E-state index in [0.29, 0.717) is 23.0 Å². The van der Waals surface area contributed by atoms with E-state index in [-0.39, 0.29) is 23.6 Å². The lowest BCUT2D eigenvalue weighted by Crippen LogP contribution is -2.27. The summed E-state index contributed by atoms with van der Waals surface area (Å²) >= 11 is 2.88. The van der Waals surface area contributed by atoms with Crippen LogP contribution in [0, 0.1) is 0 Å². The van der Waals surface area contributed by atoms with Gasteiger partial charge in [-0.2, -0.15) is 0 Å². The molecule has 2 N–H and O–H groups in total. The van der Waals surface area contributed by atoms with E-state index >= 15 is 0 Å². The quantitative estimate of drug-likeness (QED) is 0.549. The minimum atomic E-state index is -0.220. The van der Waals surface area contributed by atoms with Gasteiger partial charge in [0.25, 0.3) is 5.91 Å². The number of benzene rings is 1. The van der Waals surface area contributed by atoms with Crippen molar-refractivity contribution in [2.24, 2.45) is 0 Å². The molecule has 2 heterocycles. The highest BCUT2D eigenvalue weighted by atomic mass is 32.2. The molecule has 10 heteroatoms. The molecule has 3 aromatic rings. The number of carbonyl (C=O) groups excluding carboxylic acids is 2. The van der Waals surface area contributed by atoms with Gasteiger partial charge in [-0.05, 0) is 46.8 Å². The highest BCUT2D eigenvalue weighted by Gasteiger charge is 2.25. The molecular weight excluding hydrogens is 396 g/mol. The summed E-state index contributed by atoms with van der Waals surface area (Å²) in [6.07, 6.45) is 2.02. The predicted octanol–water partition coefficient (Wildman–Crippen LogP) is 2.41. The number of nitrogens with one attached hydrogen (secondary N) is 2. The molecule has 0 unspecified atom stereocenters. The van der Waals surface area contributed by atoms with Crippen molar-refractivity contribution in [3.63, 3.8) is 0 Å². The fourth-order valence-electron chi connectivity index (χ4n) is 2.55. The van der Waals surface area contributed by atoms with E-state index in [4.69, 9.17) is 0 Å². The van der Waals surface area contributed by atoms with Gasteiger partial charge in [0.15, 0.2) is 0 Å². The Labute approximate surface area is 169 Å². The van der Waals surface area contributed by atoms with Crippen LogP contribution in [0.15, 0.2) is 46.9 Å². The van der Waals surface area contributed by atoms with Crippen molar-refractivity contribution in [1.82, 2.24) is 25.5 Å². The first-order valence-electron chi connectivity index (χ1n) is 8.80. The number of tetrazole rings is 1. The molecule has 0 spiro atoms. The lowest BCUT2D eigenvalue weighted by Gasteiger charge is -2.11. The molecule has 0 atom stereocenters. The Hall–Kier alpha value is -2.72. The molecule has 144 valence electrons. The van der Waals surface area contributed by atoms with Gasteiger partial charge in [0.05, 0.1) is 23.5 Å². The highest BCUT2D eigenvalue weighted by molar-refractivity contribution is 7.99. The van der Waals surface area contributed by atoms with Crippen LogP contribution in [-0.4, -0.2) is 43.8 Å². The first kappa shape index (κ1) is 18.6. The van der Waals surface area contributed by atoms with Crippen LogP contribution >= 0.6 is 23.1 Å². The second-order valence-electron chi connectivity index (χ2n) is 6.33. The first-order chi connectivity index (χ1) is 13.7. The summed E-state index contributed by atoms with van der Waals surface area (Å²) in [5.41, 5.74) is 0.972. The van der Waals surface area contributed by atoms with Crippen LogP contribution in [-0.2, 0) is 11.3 Å². The zero-order valence-electron chi connectivity index (χ0n) is 14.9. The molecule has 1 saturated carbocycles. The average Bonchev–Trinajstić information content (AvgIpc) is 3.16. The minimum absolute atomic E-state index is 0.142. The molecule has 0 saturated heterocycles. The SMILES string of the molecule is O=C(CSc1nnnn1Cc1cccs1)Nc1ccccc1C(=O)NC1CC1. The van der Waals surface area contributed by atoms with Crippen LogP contribution in [0.2, 0.25) is 0 Å². The van der Waals surface area contributed by atoms with E-state index in [2.05, 4.69) is 26.2 Å². The van der Waals surface area contributed by atoms with Gasteiger partial charge >= 0.3 is 0 Å². The second kappa shape index (κ2) is 8.53. The molecule has 0 aliphatic heterocycles. The predicted molar refractivity (Wildman–Crippen MR) is 108 cm³/mol. The molecule has 0 radical (unpaired) electrons. The van der Waals surface area contributed by atoms with Crippen molar-refractivity contribution in [2.45, 2.75) is 30.6 Å². The van der Waals surface area contributed by atoms with E-state index in [9.17, 15) is 9.59 Å². The molecule has 28 heavy (non-hydrogen) atoms. The Kier molecular flexibility index (Phi) is 5.68. The number of hydrogen-bond donors (Lipinski definition) is 2. The van der Waals surface area contributed by atoms with E-state index in [1.54, 1.807) is 40.3 Å². The van der Waals surface area contributed by atoms with Gasteiger partial charge in [-0.1, -0.05) is 30.0 Å². The van der Waals surface area contributed by atoms with Crippen molar-refractivity contribution in [1.29, 1.82) is 0 Å². The maximum Gasteiger partial charge on any atom is 0.253 e. The van der Waals surface area contributed by atoms with Crippen LogP contribution in [0.5, 0.6) is 0 Å². The number of rotatable bonds is 8. The largest absolute Gasteiger partial charge is 0.349 e. The Morgan fingerprint density at radius 2 is 2.07 bits per heavy atom. The fraction of sp³-hybridized carbons (Fsp3) is 0.278. The minimum Gasteiger partial charge on any atom is -0.349 e. The van der Waals surface area contributed by atoms with E-state index in [1.807, 2.05) is 17.5 Å². The number of para-hydroxylation sites is 1. The third-order valence-corrected chi connectivity index (χ3v) is 5.89. The molecule has 1 fully saturated rings. The summed E-state index contributed by atoms with van der Waals surface area (Å²) in [6, 6.07) is 11.3. The maximum atomic E-state index is 12.4. The number of amides is 2. The van der Waals surface area contributed by atoms with Crippen LogP contribution in [0.3, 0.4) is 0 Å². The molecule has 2 amide bonds. The molecular formula is C18H18N6O2S2. The van der Waals surface area contributed by atoms with Crippen molar-refractivity contribution >= 4 is 40.6 Å².